The first-order chi connectivity index (χ1) is 7.63. The van der Waals surface area contributed by atoms with E-state index in [4.69, 9.17) is 20.3 Å². The maximum absolute atomic E-state index is 9.01. The normalized spacial score (nSPS) is 12.3. The highest BCUT2D eigenvalue weighted by atomic mass is 79.9. The summed E-state index contributed by atoms with van der Waals surface area (Å²) in [5.74, 6) is 1.26. The first-order valence-electron chi connectivity index (χ1n) is 5.00. The van der Waals surface area contributed by atoms with Gasteiger partial charge in [0.05, 0.1) is 30.8 Å². The molecular weight excluding hydrogens is 274 g/mol. The summed E-state index contributed by atoms with van der Waals surface area (Å²) in [7, 11) is 1.58. The minimum atomic E-state index is -0.415. The molecule has 0 fully saturated rings. The van der Waals surface area contributed by atoms with Crippen LogP contribution >= 0.6 is 15.9 Å². The lowest BCUT2D eigenvalue weighted by molar-refractivity contribution is 0.266. The first-order valence-corrected chi connectivity index (χ1v) is 5.80. The van der Waals surface area contributed by atoms with Crippen molar-refractivity contribution in [3.63, 3.8) is 0 Å². The molecule has 3 N–H and O–H groups in total. The molecule has 0 aliphatic rings. The third-order valence-corrected chi connectivity index (χ3v) is 2.75. The van der Waals surface area contributed by atoms with E-state index in [1.807, 2.05) is 13.0 Å². The molecule has 16 heavy (non-hydrogen) atoms. The Kier molecular flexibility index (Phi) is 5.05. The van der Waals surface area contributed by atoms with Crippen LogP contribution in [0.1, 0.15) is 18.5 Å². The summed E-state index contributed by atoms with van der Waals surface area (Å²) in [6, 6.07) is 3.19. The Morgan fingerprint density at radius 2 is 2.19 bits per heavy atom. The third-order valence-electron chi connectivity index (χ3n) is 2.16. The van der Waals surface area contributed by atoms with Crippen LogP contribution in [-0.2, 0) is 0 Å². The van der Waals surface area contributed by atoms with Gasteiger partial charge in [-0.1, -0.05) is 0 Å². The Hall–Kier alpha value is -0.780. The molecular formula is C11H16BrNO3. The molecule has 1 aromatic carbocycles. The van der Waals surface area contributed by atoms with Crippen LogP contribution < -0.4 is 15.2 Å². The molecule has 5 heteroatoms. The topological polar surface area (TPSA) is 64.7 Å². The van der Waals surface area contributed by atoms with Crippen LogP contribution in [0.5, 0.6) is 11.5 Å². The minimum absolute atomic E-state index is 0.107. The fourth-order valence-electron chi connectivity index (χ4n) is 1.37. The lowest BCUT2D eigenvalue weighted by atomic mass is 10.1. The summed E-state index contributed by atoms with van der Waals surface area (Å²) in [4.78, 5) is 0. The molecule has 0 aliphatic carbocycles. The molecule has 1 atom stereocenters. The smallest absolute Gasteiger partial charge is 0.174 e. The number of methoxy groups -OCH3 is 1. The van der Waals surface area contributed by atoms with Crippen LogP contribution in [0.4, 0.5) is 0 Å². The second kappa shape index (κ2) is 6.08. The highest BCUT2D eigenvalue weighted by molar-refractivity contribution is 9.10. The molecule has 0 aliphatic heterocycles. The second-order valence-corrected chi connectivity index (χ2v) is 4.11. The predicted octanol–water partition coefficient (Wildman–Crippen LogP) is 1.85. The highest BCUT2D eigenvalue weighted by Gasteiger charge is 2.14. The van der Waals surface area contributed by atoms with E-state index in [-0.39, 0.29) is 6.61 Å². The van der Waals surface area contributed by atoms with Crippen molar-refractivity contribution in [2.75, 3.05) is 20.3 Å². The zero-order valence-electron chi connectivity index (χ0n) is 9.37. The number of aliphatic hydroxyl groups excluding tert-OH is 1. The van der Waals surface area contributed by atoms with Gasteiger partial charge in [-0.25, -0.2) is 0 Å². The van der Waals surface area contributed by atoms with Crippen LogP contribution in [-0.4, -0.2) is 25.4 Å². The van der Waals surface area contributed by atoms with Crippen LogP contribution in [0, 0.1) is 0 Å². The average Bonchev–Trinajstić information content (AvgIpc) is 2.28. The molecule has 0 spiro atoms. The van der Waals surface area contributed by atoms with Gasteiger partial charge in [-0.15, -0.1) is 0 Å². The molecule has 0 amide bonds. The fraction of sp³-hybridized carbons (Fsp3) is 0.455. The van der Waals surface area contributed by atoms with E-state index in [9.17, 15) is 0 Å². The molecule has 1 aromatic rings. The summed E-state index contributed by atoms with van der Waals surface area (Å²) < 4.78 is 11.4. The van der Waals surface area contributed by atoms with Gasteiger partial charge in [0, 0.05) is 0 Å². The Bertz CT molecular complexity index is 357. The number of hydrogen-bond acceptors (Lipinski definition) is 4. The van der Waals surface area contributed by atoms with Crippen molar-refractivity contribution in [3.05, 3.63) is 22.2 Å². The molecule has 4 nitrogen and oxygen atoms in total. The van der Waals surface area contributed by atoms with Gasteiger partial charge in [0.2, 0.25) is 0 Å². The lowest BCUT2D eigenvalue weighted by Gasteiger charge is -2.15. The van der Waals surface area contributed by atoms with Gasteiger partial charge in [-0.3, -0.25) is 0 Å². The number of rotatable bonds is 5. The largest absolute Gasteiger partial charge is 0.492 e. The van der Waals surface area contributed by atoms with Gasteiger partial charge in [-0.05, 0) is 40.5 Å². The van der Waals surface area contributed by atoms with Crippen LogP contribution in [0.15, 0.2) is 16.6 Å². The van der Waals surface area contributed by atoms with Gasteiger partial charge >= 0.3 is 0 Å². The average molecular weight is 290 g/mol. The number of hydrogen-bond donors (Lipinski definition) is 2. The number of halogens is 1. The van der Waals surface area contributed by atoms with E-state index in [1.54, 1.807) is 13.2 Å². The molecule has 0 heterocycles. The van der Waals surface area contributed by atoms with Crippen LogP contribution in [0.2, 0.25) is 0 Å². The summed E-state index contributed by atoms with van der Waals surface area (Å²) >= 11 is 3.38. The molecule has 1 rings (SSSR count). The molecule has 0 radical (unpaired) electrons. The van der Waals surface area contributed by atoms with Crippen molar-refractivity contribution in [2.45, 2.75) is 13.0 Å². The Morgan fingerprint density at radius 3 is 2.69 bits per heavy atom. The third kappa shape index (κ3) is 2.87. The molecule has 0 saturated carbocycles. The van der Waals surface area contributed by atoms with E-state index in [1.165, 1.54) is 0 Å². The Morgan fingerprint density at radius 1 is 1.50 bits per heavy atom. The molecule has 90 valence electrons. The van der Waals surface area contributed by atoms with Gasteiger partial charge in [0.1, 0.15) is 0 Å². The van der Waals surface area contributed by atoms with E-state index in [0.29, 0.717) is 18.1 Å². The maximum atomic E-state index is 9.01. The quantitative estimate of drug-likeness (QED) is 0.868. The summed E-state index contributed by atoms with van der Waals surface area (Å²) in [6.45, 7) is 2.33. The number of ether oxygens (including phenoxy) is 2. The lowest BCUT2D eigenvalue weighted by Crippen LogP contribution is -2.14. The van der Waals surface area contributed by atoms with Crippen molar-refractivity contribution in [1.82, 2.24) is 0 Å². The molecule has 1 unspecified atom stereocenters. The second-order valence-electron chi connectivity index (χ2n) is 3.26. The number of nitrogens with two attached hydrogens (primary N) is 1. The molecule has 0 aromatic heterocycles. The predicted molar refractivity (Wildman–Crippen MR) is 65.9 cm³/mol. The number of aliphatic hydroxyl groups is 1. The number of benzene rings is 1. The van der Waals surface area contributed by atoms with E-state index >= 15 is 0 Å². The maximum Gasteiger partial charge on any atom is 0.174 e. The van der Waals surface area contributed by atoms with Gasteiger partial charge < -0.3 is 20.3 Å². The zero-order valence-corrected chi connectivity index (χ0v) is 11.0. The van der Waals surface area contributed by atoms with Crippen LogP contribution in [0.3, 0.4) is 0 Å². The zero-order chi connectivity index (χ0) is 12.1. The fourth-order valence-corrected chi connectivity index (χ4v) is 1.99. The summed E-state index contributed by atoms with van der Waals surface area (Å²) in [5, 5.41) is 9.01. The first kappa shape index (κ1) is 13.3. The van der Waals surface area contributed by atoms with E-state index in [0.717, 1.165) is 10.0 Å². The summed E-state index contributed by atoms with van der Waals surface area (Å²) in [6.07, 6.45) is 0. The standard InChI is InChI=1S/C11H16BrNO3/c1-3-16-10-5-7(9(13)6-14)4-8(12)11(10)15-2/h4-5,9,14H,3,6,13H2,1-2H3. The molecule has 0 bridgehead atoms. The van der Waals surface area contributed by atoms with Crippen molar-refractivity contribution in [1.29, 1.82) is 0 Å². The van der Waals surface area contributed by atoms with E-state index < -0.39 is 6.04 Å². The van der Waals surface area contributed by atoms with E-state index in [2.05, 4.69) is 15.9 Å². The van der Waals surface area contributed by atoms with Crippen molar-refractivity contribution in [3.8, 4) is 11.5 Å². The van der Waals surface area contributed by atoms with Gasteiger partial charge in [0.15, 0.2) is 11.5 Å². The Balaban J connectivity index is 3.16. The van der Waals surface area contributed by atoms with Crippen LogP contribution in [0.25, 0.3) is 0 Å². The van der Waals surface area contributed by atoms with Crippen molar-refractivity contribution >= 4 is 15.9 Å². The van der Waals surface area contributed by atoms with Crippen molar-refractivity contribution in [2.24, 2.45) is 5.73 Å². The monoisotopic (exact) mass is 289 g/mol. The van der Waals surface area contributed by atoms with Crippen molar-refractivity contribution < 1.29 is 14.6 Å². The molecule has 0 saturated heterocycles. The highest BCUT2D eigenvalue weighted by Crippen LogP contribution is 2.37. The summed E-state index contributed by atoms with van der Waals surface area (Å²) in [5.41, 5.74) is 6.56. The van der Waals surface area contributed by atoms with Gasteiger partial charge in [0.25, 0.3) is 0 Å². The van der Waals surface area contributed by atoms with Gasteiger partial charge in [-0.2, -0.15) is 0 Å². The SMILES string of the molecule is CCOc1cc(C(N)CO)cc(Br)c1OC. The Labute approximate surface area is 103 Å². The minimum Gasteiger partial charge on any atom is -0.492 e.